The van der Waals surface area contributed by atoms with Crippen LogP contribution in [0.1, 0.15) is 21.6 Å². The number of hydrogen-bond donors (Lipinski definition) is 1. The Morgan fingerprint density at radius 1 is 1.32 bits per heavy atom. The second-order valence-electron chi connectivity index (χ2n) is 5.09. The van der Waals surface area contributed by atoms with Crippen LogP contribution in [0.25, 0.3) is 11.0 Å². The molecule has 0 saturated heterocycles. The monoisotopic (exact) mass is 358 g/mol. The van der Waals surface area contributed by atoms with Crippen molar-refractivity contribution in [2.45, 2.75) is 13.0 Å². The molecular weight excluding hydrogens is 344 g/mol. The summed E-state index contributed by atoms with van der Waals surface area (Å²) in [7, 11) is 1.65. The van der Waals surface area contributed by atoms with Gasteiger partial charge in [-0.1, -0.05) is 34.1 Å². The number of rotatable bonds is 5. The van der Waals surface area contributed by atoms with Gasteiger partial charge in [0.2, 0.25) is 0 Å². The van der Waals surface area contributed by atoms with E-state index in [1.807, 2.05) is 36.4 Å². The van der Waals surface area contributed by atoms with Crippen LogP contribution in [0.4, 0.5) is 0 Å². The van der Waals surface area contributed by atoms with Crippen LogP contribution in [0, 0.1) is 0 Å². The second kappa shape index (κ2) is 6.42. The first-order chi connectivity index (χ1) is 10.7. The molecule has 5 heteroatoms. The number of ketones is 1. The van der Waals surface area contributed by atoms with Crippen LogP contribution in [-0.2, 0) is 17.8 Å². The zero-order chi connectivity index (χ0) is 15.5. The number of Topliss-reactive ketones (excluding diaryl/α,β-unsaturated/α-hetero) is 1. The highest BCUT2D eigenvalue weighted by Gasteiger charge is 2.11. The van der Waals surface area contributed by atoms with E-state index in [0.717, 1.165) is 26.8 Å². The summed E-state index contributed by atoms with van der Waals surface area (Å²) in [4.78, 5) is 20.0. The van der Waals surface area contributed by atoms with Gasteiger partial charge >= 0.3 is 0 Å². The number of halogens is 1. The van der Waals surface area contributed by atoms with Crippen molar-refractivity contribution in [2.75, 3.05) is 7.11 Å². The van der Waals surface area contributed by atoms with E-state index < -0.39 is 0 Å². The van der Waals surface area contributed by atoms with Gasteiger partial charge in [-0.2, -0.15) is 0 Å². The Balaban J connectivity index is 1.84. The van der Waals surface area contributed by atoms with Gasteiger partial charge < -0.3 is 9.72 Å². The van der Waals surface area contributed by atoms with Gasteiger partial charge in [0.05, 0.1) is 6.61 Å². The van der Waals surface area contributed by atoms with Crippen LogP contribution in [0.3, 0.4) is 0 Å². The number of H-pyrrole nitrogens is 1. The van der Waals surface area contributed by atoms with E-state index >= 15 is 0 Å². The summed E-state index contributed by atoms with van der Waals surface area (Å²) in [6.45, 7) is 0.515. The van der Waals surface area contributed by atoms with Crippen LogP contribution >= 0.6 is 15.9 Å². The maximum Gasteiger partial charge on any atom is 0.168 e. The molecule has 0 bridgehead atoms. The summed E-state index contributed by atoms with van der Waals surface area (Å²) >= 11 is 3.42. The third kappa shape index (κ3) is 3.10. The highest BCUT2D eigenvalue weighted by molar-refractivity contribution is 9.10. The average molecular weight is 359 g/mol. The lowest BCUT2D eigenvalue weighted by Crippen LogP contribution is -2.04. The lowest BCUT2D eigenvalue weighted by molar-refractivity contribution is 0.0992. The average Bonchev–Trinajstić information content (AvgIpc) is 2.89. The predicted octanol–water partition coefficient (Wildman–Crippen LogP) is 3.90. The number of fused-ring (bicyclic) bond motifs is 1. The SMILES string of the molecule is COCc1cc2cc(CC(=O)c3ccccc3Br)cnc2[nH]1. The third-order valence-electron chi connectivity index (χ3n) is 3.42. The molecule has 4 nitrogen and oxygen atoms in total. The van der Waals surface area contributed by atoms with Gasteiger partial charge in [0.15, 0.2) is 5.78 Å². The molecule has 0 amide bonds. The molecule has 1 aromatic carbocycles. The zero-order valence-corrected chi connectivity index (χ0v) is 13.7. The first-order valence-electron chi connectivity index (χ1n) is 6.90. The molecule has 0 aliphatic rings. The fraction of sp³-hybridized carbons (Fsp3) is 0.176. The molecule has 22 heavy (non-hydrogen) atoms. The second-order valence-corrected chi connectivity index (χ2v) is 5.94. The first kappa shape index (κ1) is 14.9. The van der Waals surface area contributed by atoms with Crippen LogP contribution in [0.15, 0.2) is 47.1 Å². The maximum atomic E-state index is 12.4. The van der Waals surface area contributed by atoms with Crippen molar-refractivity contribution in [3.8, 4) is 0 Å². The van der Waals surface area contributed by atoms with E-state index in [0.29, 0.717) is 18.6 Å². The molecule has 0 fully saturated rings. The fourth-order valence-electron chi connectivity index (χ4n) is 2.42. The third-order valence-corrected chi connectivity index (χ3v) is 4.11. The van der Waals surface area contributed by atoms with Crippen molar-refractivity contribution in [3.05, 3.63) is 63.9 Å². The molecule has 0 aliphatic carbocycles. The highest BCUT2D eigenvalue weighted by atomic mass is 79.9. The number of benzene rings is 1. The lowest BCUT2D eigenvalue weighted by Gasteiger charge is -2.03. The number of aromatic nitrogens is 2. The summed E-state index contributed by atoms with van der Waals surface area (Å²) in [5.41, 5.74) is 3.37. The Hall–Kier alpha value is -1.98. The van der Waals surface area contributed by atoms with Gasteiger partial charge in [0, 0.05) is 40.8 Å². The lowest BCUT2D eigenvalue weighted by atomic mass is 10.0. The van der Waals surface area contributed by atoms with Crippen LogP contribution in [0.5, 0.6) is 0 Å². The minimum atomic E-state index is 0.0706. The minimum Gasteiger partial charge on any atom is -0.378 e. The summed E-state index contributed by atoms with van der Waals surface area (Å²) < 4.78 is 5.92. The van der Waals surface area contributed by atoms with E-state index in [9.17, 15) is 4.79 Å². The maximum absolute atomic E-state index is 12.4. The highest BCUT2D eigenvalue weighted by Crippen LogP contribution is 2.20. The molecule has 112 valence electrons. The van der Waals surface area contributed by atoms with E-state index in [2.05, 4.69) is 25.9 Å². The summed E-state index contributed by atoms with van der Waals surface area (Å²) in [6.07, 6.45) is 2.07. The molecule has 3 rings (SSSR count). The molecular formula is C17H15BrN2O2. The Kier molecular flexibility index (Phi) is 4.36. The number of pyridine rings is 1. The molecule has 0 saturated carbocycles. The van der Waals surface area contributed by atoms with E-state index in [-0.39, 0.29) is 5.78 Å². The van der Waals surface area contributed by atoms with Crippen molar-refractivity contribution in [3.63, 3.8) is 0 Å². The van der Waals surface area contributed by atoms with Gasteiger partial charge in [-0.05, 0) is 23.8 Å². The Morgan fingerprint density at radius 3 is 2.91 bits per heavy atom. The molecule has 0 atom stereocenters. The van der Waals surface area contributed by atoms with Crippen molar-refractivity contribution >= 4 is 32.7 Å². The molecule has 0 spiro atoms. The number of methoxy groups -OCH3 is 1. The number of ether oxygens (including phenoxy) is 1. The first-order valence-corrected chi connectivity index (χ1v) is 7.70. The topological polar surface area (TPSA) is 55.0 Å². The smallest absolute Gasteiger partial charge is 0.168 e. The van der Waals surface area contributed by atoms with Gasteiger partial charge in [-0.25, -0.2) is 4.98 Å². The number of nitrogens with zero attached hydrogens (tertiary/aromatic N) is 1. The summed E-state index contributed by atoms with van der Waals surface area (Å²) in [5, 5.41) is 0.990. The van der Waals surface area contributed by atoms with Gasteiger partial charge in [0.1, 0.15) is 5.65 Å². The largest absolute Gasteiger partial charge is 0.378 e. The molecule has 1 N–H and O–H groups in total. The Morgan fingerprint density at radius 2 is 2.14 bits per heavy atom. The van der Waals surface area contributed by atoms with Crippen LogP contribution < -0.4 is 0 Å². The summed E-state index contributed by atoms with van der Waals surface area (Å²) in [6, 6.07) is 11.4. The van der Waals surface area contributed by atoms with E-state index in [1.165, 1.54) is 0 Å². The van der Waals surface area contributed by atoms with Crippen molar-refractivity contribution in [1.29, 1.82) is 0 Å². The number of aromatic amines is 1. The van der Waals surface area contributed by atoms with Crippen molar-refractivity contribution in [2.24, 2.45) is 0 Å². The van der Waals surface area contributed by atoms with Crippen molar-refractivity contribution in [1.82, 2.24) is 9.97 Å². The van der Waals surface area contributed by atoms with Crippen LogP contribution in [0.2, 0.25) is 0 Å². The number of carbonyl (C=O) groups excluding carboxylic acids is 1. The quantitative estimate of drug-likeness (QED) is 0.703. The Bertz CT molecular complexity index is 826. The molecule has 3 aromatic rings. The standard InChI is InChI=1S/C17H15BrN2O2/c1-22-10-13-8-12-6-11(9-19-17(12)20-13)7-16(21)14-4-2-3-5-15(14)18/h2-6,8-9H,7,10H2,1H3,(H,19,20). The fourth-order valence-corrected chi connectivity index (χ4v) is 2.92. The Labute approximate surface area is 136 Å². The summed E-state index contributed by atoms with van der Waals surface area (Å²) in [5.74, 6) is 0.0706. The van der Waals surface area contributed by atoms with Gasteiger partial charge in [0.25, 0.3) is 0 Å². The van der Waals surface area contributed by atoms with Gasteiger partial charge in [-0.15, -0.1) is 0 Å². The van der Waals surface area contributed by atoms with E-state index in [1.54, 1.807) is 13.3 Å². The molecule has 2 heterocycles. The van der Waals surface area contributed by atoms with Gasteiger partial charge in [-0.3, -0.25) is 4.79 Å². The normalized spacial score (nSPS) is 11.0. The minimum absolute atomic E-state index is 0.0706. The molecule has 0 radical (unpaired) electrons. The number of hydrogen-bond acceptors (Lipinski definition) is 3. The molecule has 0 aliphatic heterocycles. The molecule has 2 aromatic heterocycles. The van der Waals surface area contributed by atoms with Crippen LogP contribution in [-0.4, -0.2) is 22.9 Å². The zero-order valence-electron chi connectivity index (χ0n) is 12.1. The molecule has 0 unspecified atom stereocenters. The van der Waals surface area contributed by atoms with E-state index in [4.69, 9.17) is 4.74 Å². The predicted molar refractivity (Wildman–Crippen MR) is 89.0 cm³/mol. The number of carbonyl (C=O) groups is 1. The van der Waals surface area contributed by atoms with Crippen molar-refractivity contribution < 1.29 is 9.53 Å². The number of nitrogens with one attached hydrogen (secondary N) is 1.